The Morgan fingerprint density at radius 2 is 2.10 bits per heavy atom. The van der Waals surface area contributed by atoms with Gasteiger partial charge in [-0.2, -0.15) is 0 Å². The second kappa shape index (κ2) is 5.77. The molecule has 1 aliphatic rings. The topological polar surface area (TPSA) is 66.3 Å². The summed E-state index contributed by atoms with van der Waals surface area (Å²) in [6.45, 7) is 9.16. The van der Waals surface area contributed by atoms with Crippen LogP contribution in [0.25, 0.3) is 0 Å². The van der Waals surface area contributed by atoms with E-state index in [1.54, 1.807) is 6.20 Å². The predicted octanol–water partition coefficient (Wildman–Crippen LogP) is 2.92. The Kier molecular flexibility index (Phi) is 4.26. The van der Waals surface area contributed by atoms with Crippen molar-refractivity contribution in [3.05, 3.63) is 17.7 Å². The number of carboxylic acids is 1. The number of rotatable bonds is 4. The summed E-state index contributed by atoms with van der Waals surface area (Å²) in [7, 11) is 0. The lowest BCUT2D eigenvalue weighted by atomic mass is 10.0. The number of aromatic nitrogens is 2. The first-order valence-corrected chi connectivity index (χ1v) is 7.28. The Hall–Kier alpha value is -1.65. The summed E-state index contributed by atoms with van der Waals surface area (Å²) < 4.78 is 0. The molecule has 0 radical (unpaired) electrons. The van der Waals surface area contributed by atoms with Gasteiger partial charge in [-0.05, 0) is 18.8 Å². The normalized spacial score (nSPS) is 19.1. The number of carboxylic acid groups (broad SMARTS) is 1. The van der Waals surface area contributed by atoms with E-state index < -0.39 is 5.97 Å². The number of nitrogens with zero attached hydrogens (tertiary/aromatic N) is 3. The van der Waals surface area contributed by atoms with Crippen LogP contribution >= 0.6 is 0 Å². The number of hydrogen-bond acceptors (Lipinski definition) is 4. The molecule has 0 spiro atoms. The maximum atomic E-state index is 11.5. The molecule has 110 valence electrons. The maximum Gasteiger partial charge on any atom is 0.356 e. The van der Waals surface area contributed by atoms with Crippen molar-refractivity contribution >= 4 is 11.7 Å². The highest BCUT2D eigenvalue weighted by molar-refractivity contribution is 5.92. The van der Waals surface area contributed by atoms with E-state index >= 15 is 0 Å². The summed E-state index contributed by atoms with van der Waals surface area (Å²) in [4.78, 5) is 22.3. The van der Waals surface area contributed by atoms with Crippen LogP contribution in [0.4, 0.5) is 5.69 Å². The molecule has 1 unspecified atom stereocenters. The molecule has 1 saturated heterocycles. The van der Waals surface area contributed by atoms with Crippen molar-refractivity contribution < 1.29 is 9.90 Å². The zero-order valence-corrected chi connectivity index (χ0v) is 12.6. The highest BCUT2D eigenvalue weighted by atomic mass is 16.4. The minimum atomic E-state index is -0.973. The average Bonchev–Trinajstić information content (AvgIpc) is 2.86. The zero-order chi connectivity index (χ0) is 14.9. The molecular formula is C15H23N3O2. The van der Waals surface area contributed by atoms with E-state index in [0.29, 0.717) is 23.5 Å². The van der Waals surface area contributed by atoms with Gasteiger partial charge in [-0.15, -0.1) is 0 Å². The highest BCUT2D eigenvalue weighted by Gasteiger charge is 2.31. The molecule has 1 N–H and O–H groups in total. The molecule has 1 aliphatic heterocycles. The lowest BCUT2D eigenvalue weighted by Crippen LogP contribution is -2.35. The third kappa shape index (κ3) is 2.76. The molecular weight excluding hydrogens is 254 g/mol. The van der Waals surface area contributed by atoms with E-state index in [1.165, 1.54) is 0 Å². The Labute approximate surface area is 120 Å². The summed E-state index contributed by atoms with van der Waals surface area (Å²) in [6, 6.07) is 0.376. The van der Waals surface area contributed by atoms with Crippen molar-refractivity contribution in [2.45, 2.75) is 52.5 Å². The van der Waals surface area contributed by atoms with Crippen LogP contribution in [-0.2, 0) is 0 Å². The molecule has 1 aromatic rings. The number of carbonyl (C=O) groups is 1. The highest BCUT2D eigenvalue weighted by Crippen LogP contribution is 2.31. The van der Waals surface area contributed by atoms with Gasteiger partial charge in [0.2, 0.25) is 0 Å². The fraction of sp³-hybridized carbons (Fsp3) is 0.667. The molecule has 5 nitrogen and oxygen atoms in total. The molecule has 0 aliphatic carbocycles. The van der Waals surface area contributed by atoms with Crippen molar-refractivity contribution in [2.75, 3.05) is 11.4 Å². The van der Waals surface area contributed by atoms with Crippen molar-refractivity contribution in [3.8, 4) is 0 Å². The number of anilines is 1. The van der Waals surface area contributed by atoms with Crippen LogP contribution in [-0.4, -0.2) is 33.6 Å². The predicted molar refractivity (Wildman–Crippen MR) is 78.3 cm³/mol. The van der Waals surface area contributed by atoms with Crippen LogP contribution in [0, 0.1) is 5.92 Å². The molecule has 0 amide bonds. The van der Waals surface area contributed by atoms with E-state index in [1.807, 2.05) is 13.8 Å². The van der Waals surface area contributed by atoms with Gasteiger partial charge in [-0.3, -0.25) is 0 Å². The Bertz CT molecular complexity index is 500. The lowest BCUT2D eigenvalue weighted by molar-refractivity contribution is 0.0690. The third-order valence-corrected chi connectivity index (χ3v) is 3.89. The SMILES string of the molecule is CC(C)c1ncc(N2CCCC2C(C)C)c(C(=O)O)n1. The van der Waals surface area contributed by atoms with Crippen molar-refractivity contribution in [1.82, 2.24) is 9.97 Å². The largest absolute Gasteiger partial charge is 0.476 e. The summed E-state index contributed by atoms with van der Waals surface area (Å²) in [5, 5.41) is 9.44. The van der Waals surface area contributed by atoms with Gasteiger partial charge in [0, 0.05) is 18.5 Å². The molecule has 1 aromatic heterocycles. The second-order valence-electron chi connectivity index (χ2n) is 6.07. The van der Waals surface area contributed by atoms with Gasteiger partial charge in [0.15, 0.2) is 5.69 Å². The summed E-state index contributed by atoms with van der Waals surface area (Å²) in [5.74, 6) is 0.232. The standard InChI is InChI=1S/C15H23N3O2/c1-9(2)11-6-5-7-18(11)12-8-16-14(10(3)4)17-13(12)15(19)20/h8-11H,5-7H2,1-4H3,(H,19,20). The van der Waals surface area contributed by atoms with Crippen LogP contribution in [0.5, 0.6) is 0 Å². The van der Waals surface area contributed by atoms with Gasteiger partial charge in [0.1, 0.15) is 5.82 Å². The first-order valence-electron chi connectivity index (χ1n) is 7.28. The first-order chi connectivity index (χ1) is 9.41. The number of aromatic carboxylic acids is 1. The molecule has 0 aromatic carbocycles. The van der Waals surface area contributed by atoms with E-state index in [4.69, 9.17) is 0 Å². The number of hydrogen-bond donors (Lipinski definition) is 1. The summed E-state index contributed by atoms with van der Waals surface area (Å²) >= 11 is 0. The van der Waals surface area contributed by atoms with Crippen molar-refractivity contribution in [2.24, 2.45) is 5.92 Å². The molecule has 2 rings (SSSR count). The smallest absolute Gasteiger partial charge is 0.356 e. The maximum absolute atomic E-state index is 11.5. The molecule has 5 heteroatoms. The van der Waals surface area contributed by atoms with E-state index in [-0.39, 0.29) is 11.6 Å². The van der Waals surface area contributed by atoms with Gasteiger partial charge in [0.05, 0.1) is 11.9 Å². The minimum absolute atomic E-state index is 0.127. The monoisotopic (exact) mass is 277 g/mol. The molecule has 2 heterocycles. The lowest BCUT2D eigenvalue weighted by Gasteiger charge is -2.30. The quantitative estimate of drug-likeness (QED) is 0.916. The fourth-order valence-electron chi connectivity index (χ4n) is 2.82. The fourth-order valence-corrected chi connectivity index (χ4v) is 2.82. The van der Waals surface area contributed by atoms with Gasteiger partial charge in [0.25, 0.3) is 0 Å². The molecule has 20 heavy (non-hydrogen) atoms. The van der Waals surface area contributed by atoms with E-state index in [9.17, 15) is 9.90 Å². The van der Waals surface area contributed by atoms with Crippen LogP contribution in [0.1, 0.15) is 62.8 Å². The van der Waals surface area contributed by atoms with E-state index in [2.05, 4.69) is 28.7 Å². The van der Waals surface area contributed by atoms with Crippen LogP contribution in [0.2, 0.25) is 0 Å². The molecule has 1 atom stereocenters. The van der Waals surface area contributed by atoms with Gasteiger partial charge < -0.3 is 10.0 Å². The second-order valence-corrected chi connectivity index (χ2v) is 6.07. The van der Waals surface area contributed by atoms with E-state index in [0.717, 1.165) is 19.4 Å². The van der Waals surface area contributed by atoms with Gasteiger partial charge in [-0.1, -0.05) is 27.7 Å². The summed E-state index contributed by atoms with van der Waals surface area (Å²) in [6.07, 6.45) is 3.88. The van der Waals surface area contributed by atoms with Crippen LogP contribution in [0.3, 0.4) is 0 Å². The third-order valence-electron chi connectivity index (χ3n) is 3.89. The Balaban J connectivity index is 2.43. The molecule has 0 bridgehead atoms. The van der Waals surface area contributed by atoms with Crippen LogP contribution in [0.15, 0.2) is 6.20 Å². The van der Waals surface area contributed by atoms with Gasteiger partial charge >= 0.3 is 5.97 Å². The average molecular weight is 277 g/mol. The summed E-state index contributed by atoms with van der Waals surface area (Å²) in [5.41, 5.74) is 0.800. The molecule has 0 saturated carbocycles. The van der Waals surface area contributed by atoms with Crippen LogP contribution < -0.4 is 4.90 Å². The zero-order valence-electron chi connectivity index (χ0n) is 12.6. The minimum Gasteiger partial charge on any atom is -0.476 e. The Morgan fingerprint density at radius 1 is 1.40 bits per heavy atom. The van der Waals surface area contributed by atoms with Crippen molar-refractivity contribution in [1.29, 1.82) is 0 Å². The van der Waals surface area contributed by atoms with Gasteiger partial charge in [-0.25, -0.2) is 14.8 Å². The Morgan fingerprint density at radius 3 is 2.65 bits per heavy atom. The first kappa shape index (κ1) is 14.8. The van der Waals surface area contributed by atoms with Crippen molar-refractivity contribution in [3.63, 3.8) is 0 Å². The molecule has 1 fully saturated rings.